The molecule has 0 amide bonds. The van der Waals surface area contributed by atoms with E-state index in [0.29, 0.717) is 22.7 Å². The van der Waals surface area contributed by atoms with E-state index in [1.165, 1.54) is 12.1 Å². The van der Waals surface area contributed by atoms with Crippen molar-refractivity contribution in [3.63, 3.8) is 0 Å². The first-order valence-corrected chi connectivity index (χ1v) is 5.26. The fourth-order valence-corrected chi connectivity index (χ4v) is 1.69. The normalized spacial score (nSPS) is 10.9. The molecule has 0 unspecified atom stereocenters. The molecular weight excluding hydrogens is 234 g/mol. The molecular formula is C12H9N3O3. The van der Waals surface area contributed by atoms with Gasteiger partial charge in [0, 0.05) is 13.2 Å². The summed E-state index contributed by atoms with van der Waals surface area (Å²) in [6.45, 7) is 0. The molecule has 2 aromatic heterocycles. The number of benzene rings is 1. The van der Waals surface area contributed by atoms with Gasteiger partial charge in [0.05, 0.1) is 11.9 Å². The van der Waals surface area contributed by atoms with Crippen LogP contribution in [0.3, 0.4) is 0 Å². The number of aromatic nitrogens is 3. The van der Waals surface area contributed by atoms with Gasteiger partial charge in [-0.05, 0) is 18.2 Å². The van der Waals surface area contributed by atoms with Gasteiger partial charge in [0.1, 0.15) is 11.2 Å². The minimum atomic E-state index is -0.987. The van der Waals surface area contributed by atoms with Crippen LogP contribution in [0.25, 0.3) is 22.7 Å². The molecule has 0 aliphatic carbocycles. The molecule has 0 fully saturated rings. The van der Waals surface area contributed by atoms with Gasteiger partial charge in [-0.2, -0.15) is 0 Å². The van der Waals surface area contributed by atoms with Crippen LogP contribution in [0.4, 0.5) is 0 Å². The Balaban J connectivity index is 2.13. The first-order valence-electron chi connectivity index (χ1n) is 5.26. The van der Waals surface area contributed by atoms with Gasteiger partial charge in [-0.1, -0.05) is 0 Å². The number of carboxylic acid groups (broad SMARTS) is 1. The zero-order valence-electron chi connectivity index (χ0n) is 9.49. The highest BCUT2D eigenvalue weighted by Gasteiger charge is 2.12. The molecule has 0 bridgehead atoms. The van der Waals surface area contributed by atoms with Crippen molar-refractivity contribution in [1.29, 1.82) is 0 Å². The number of carbonyl (C=O) groups is 1. The highest BCUT2D eigenvalue weighted by molar-refractivity contribution is 5.92. The van der Waals surface area contributed by atoms with Crippen LogP contribution < -0.4 is 0 Å². The van der Waals surface area contributed by atoms with E-state index < -0.39 is 5.97 Å². The third kappa shape index (κ3) is 1.64. The van der Waals surface area contributed by atoms with Crippen molar-refractivity contribution in [3.8, 4) is 11.6 Å². The Kier molecular flexibility index (Phi) is 2.16. The molecule has 6 heteroatoms. The predicted molar refractivity (Wildman–Crippen MR) is 63.2 cm³/mol. The molecule has 0 aliphatic rings. The van der Waals surface area contributed by atoms with Gasteiger partial charge in [-0.25, -0.2) is 14.8 Å². The van der Waals surface area contributed by atoms with Gasteiger partial charge in [-0.3, -0.25) is 0 Å². The quantitative estimate of drug-likeness (QED) is 0.743. The summed E-state index contributed by atoms with van der Waals surface area (Å²) in [5, 5.41) is 8.90. The van der Waals surface area contributed by atoms with Crippen LogP contribution in [-0.4, -0.2) is 25.6 Å². The zero-order chi connectivity index (χ0) is 12.7. The van der Waals surface area contributed by atoms with Crippen LogP contribution in [0.15, 0.2) is 35.1 Å². The summed E-state index contributed by atoms with van der Waals surface area (Å²) < 4.78 is 7.31. The minimum absolute atomic E-state index is 0.184. The average Bonchev–Trinajstić information content (AvgIpc) is 2.93. The number of hydrogen-bond donors (Lipinski definition) is 1. The lowest BCUT2D eigenvalue weighted by Crippen LogP contribution is -1.94. The number of oxazole rings is 1. The maximum atomic E-state index is 10.9. The summed E-state index contributed by atoms with van der Waals surface area (Å²) in [6, 6.07) is 4.56. The van der Waals surface area contributed by atoms with Crippen LogP contribution in [0.5, 0.6) is 0 Å². The lowest BCUT2D eigenvalue weighted by molar-refractivity contribution is 0.0697. The smallest absolute Gasteiger partial charge is 0.335 e. The van der Waals surface area contributed by atoms with Crippen LogP contribution in [0.1, 0.15) is 10.4 Å². The van der Waals surface area contributed by atoms with Crippen molar-refractivity contribution in [2.75, 3.05) is 0 Å². The molecule has 18 heavy (non-hydrogen) atoms. The Morgan fingerprint density at radius 3 is 2.94 bits per heavy atom. The average molecular weight is 243 g/mol. The molecule has 0 spiro atoms. The topological polar surface area (TPSA) is 81.2 Å². The van der Waals surface area contributed by atoms with Crippen LogP contribution >= 0.6 is 0 Å². The summed E-state index contributed by atoms with van der Waals surface area (Å²) in [5.41, 5.74) is 1.85. The maximum Gasteiger partial charge on any atom is 0.335 e. The third-order valence-electron chi connectivity index (χ3n) is 2.56. The van der Waals surface area contributed by atoms with Crippen molar-refractivity contribution in [2.45, 2.75) is 0 Å². The van der Waals surface area contributed by atoms with Gasteiger partial charge in [0.25, 0.3) is 0 Å². The van der Waals surface area contributed by atoms with E-state index >= 15 is 0 Å². The Morgan fingerprint density at radius 1 is 1.44 bits per heavy atom. The van der Waals surface area contributed by atoms with Crippen molar-refractivity contribution in [1.82, 2.24) is 14.5 Å². The van der Waals surface area contributed by atoms with Gasteiger partial charge in [-0.15, -0.1) is 0 Å². The number of nitrogens with zero attached hydrogens (tertiary/aromatic N) is 3. The number of hydrogen-bond acceptors (Lipinski definition) is 4. The fourth-order valence-electron chi connectivity index (χ4n) is 1.69. The monoisotopic (exact) mass is 243 g/mol. The first-order chi connectivity index (χ1) is 8.63. The van der Waals surface area contributed by atoms with Crippen LogP contribution in [0.2, 0.25) is 0 Å². The van der Waals surface area contributed by atoms with Gasteiger partial charge in [0.2, 0.25) is 5.89 Å². The Labute approximate surface area is 102 Å². The van der Waals surface area contributed by atoms with Gasteiger partial charge >= 0.3 is 5.97 Å². The predicted octanol–water partition coefficient (Wildman–Crippen LogP) is 1.93. The van der Waals surface area contributed by atoms with E-state index in [2.05, 4.69) is 9.97 Å². The number of fused-ring (bicyclic) bond motifs is 1. The molecule has 0 saturated carbocycles. The Hall–Kier alpha value is -2.63. The number of carboxylic acids is 1. The second-order valence-electron chi connectivity index (χ2n) is 3.93. The van der Waals surface area contributed by atoms with Crippen LogP contribution in [0, 0.1) is 0 Å². The van der Waals surface area contributed by atoms with Crippen molar-refractivity contribution in [2.24, 2.45) is 7.05 Å². The highest BCUT2D eigenvalue weighted by Crippen LogP contribution is 2.23. The lowest BCUT2D eigenvalue weighted by atomic mass is 10.2. The Morgan fingerprint density at radius 2 is 2.28 bits per heavy atom. The SMILES string of the molecule is Cn1cnc(-c2nc3cc(C(=O)O)ccc3o2)c1. The molecule has 6 nitrogen and oxygen atoms in total. The third-order valence-corrected chi connectivity index (χ3v) is 2.56. The second kappa shape index (κ2) is 3.69. The minimum Gasteiger partial charge on any atom is -0.478 e. The van der Waals surface area contributed by atoms with E-state index in [9.17, 15) is 4.79 Å². The number of aromatic carboxylic acids is 1. The molecule has 1 N–H and O–H groups in total. The highest BCUT2D eigenvalue weighted by atomic mass is 16.4. The summed E-state index contributed by atoms with van der Waals surface area (Å²) in [6.07, 6.45) is 3.43. The largest absolute Gasteiger partial charge is 0.478 e. The molecule has 90 valence electrons. The van der Waals surface area contributed by atoms with Crippen molar-refractivity contribution in [3.05, 3.63) is 36.3 Å². The molecule has 0 radical (unpaired) electrons. The first kappa shape index (κ1) is 10.5. The van der Waals surface area contributed by atoms with E-state index in [1.54, 1.807) is 23.2 Å². The zero-order valence-corrected chi connectivity index (χ0v) is 9.49. The fraction of sp³-hybridized carbons (Fsp3) is 0.0833. The molecule has 0 atom stereocenters. The van der Waals surface area contributed by atoms with Crippen LogP contribution in [-0.2, 0) is 7.05 Å². The maximum absolute atomic E-state index is 10.9. The van der Waals surface area contributed by atoms with Gasteiger partial charge in [0.15, 0.2) is 5.58 Å². The summed E-state index contributed by atoms with van der Waals surface area (Å²) in [7, 11) is 1.85. The molecule has 2 heterocycles. The van der Waals surface area contributed by atoms with Crippen molar-refractivity contribution >= 4 is 17.1 Å². The summed E-state index contributed by atoms with van der Waals surface area (Å²) >= 11 is 0. The molecule has 0 saturated heterocycles. The van der Waals surface area contributed by atoms with E-state index in [1.807, 2.05) is 7.05 Å². The molecule has 0 aliphatic heterocycles. The molecule has 3 rings (SSSR count). The molecule has 3 aromatic rings. The van der Waals surface area contributed by atoms with E-state index in [-0.39, 0.29) is 5.56 Å². The number of imidazole rings is 1. The number of rotatable bonds is 2. The van der Waals surface area contributed by atoms with E-state index in [0.717, 1.165) is 0 Å². The summed E-state index contributed by atoms with van der Waals surface area (Å²) in [4.78, 5) is 19.2. The lowest BCUT2D eigenvalue weighted by Gasteiger charge is -1.91. The second-order valence-corrected chi connectivity index (χ2v) is 3.93. The Bertz CT molecular complexity index is 742. The van der Waals surface area contributed by atoms with Gasteiger partial charge < -0.3 is 14.1 Å². The standard InChI is InChI=1S/C12H9N3O3/c1-15-5-9(13-6-15)11-14-8-4-7(12(16)17)2-3-10(8)18-11/h2-6H,1H3,(H,16,17). The van der Waals surface area contributed by atoms with E-state index in [4.69, 9.17) is 9.52 Å². The number of aryl methyl sites for hydroxylation is 1. The summed E-state index contributed by atoms with van der Waals surface area (Å²) in [5.74, 6) is -0.604. The molecule has 1 aromatic carbocycles. The van der Waals surface area contributed by atoms with Crippen molar-refractivity contribution < 1.29 is 14.3 Å².